The molecule has 0 bridgehead atoms. The van der Waals surface area contributed by atoms with E-state index in [0.717, 1.165) is 10.8 Å². The first-order chi connectivity index (χ1) is 18.4. The second kappa shape index (κ2) is 8.65. The third-order valence-corrected chi connectivity index (χ3v) is 6.96. The summed E-state index contributed by atoms with van der Waals surface area (Å²) in [4.78, 5) is 0. The largest absolute Gasteiger partial charge is 0.436 e. The first kappa shape index (κ1) is 23.1. The van der Waals surface area contributed by atoms with E-state index in [4.69, 9.17) is 20.9 Å². The molecule has 2 heterocycles. The molecule has 6 nitrogen and oxygen atoms in total. The maximum absolute atomic E-state index is 13.8. The average molecular weight is 504 g/mol. The number of ether oxygens (including phenoxy) is 2. The Morgan fingerprint density at radius 1 is 0.605 bits per heavy atom. The Bertz CT molecular complexity index is 1650. The zero-order valence-corrected chi connectivity index (χ0v) is 19.7. The van der Waals surface area contributed by atoms with Crippen molar-refractivity contribution in [3.8, 4) is 23.6 Å². The first-order valence-corrected chi connectivity index (χ1v) is 11.7. The van der Waals surface area contributed by atoms with Crippen LogP contribution in [0.5, 0.6) is 11.5 Å². The molecule has 38 heavy (non-hydrogen) atoms. The van der Waals surface area contributed by atoms with Crippen LogP contribution in [0.25, 0.3) is 10.8 Å². The summed E-state index contributed by atoms with van der Waals surface area (Å²) in [6, 6.07) is 23.4. The van der Waals surface area contributed by atoms with Crippen LogP contribution in [0, 0.1) is 34.3 Å². The Morgan fingerprint density at radius 2 is 0.974 bits per heavy atom. The van der Waals surface area contributed by atoms with Crippen LogP contribution in [0.15, 0.2) is 95.7 Å². The molecule has 0 fully saturated rings. The summed E-state index contributed by atoms with van der Waals surface area (Å²) in [5.74, 6) is -1.96. The summed E-state index contributed by atoms with van der Waals surface area (Å²) in [5.41, 5.74) is 15.3. The van der Waals surface area contributed by atoms with Gasteiger partial charge in [0.05, 0.1) is 11.8 Å². The predicted octanol–water partition coefficient (Wildman–Crippen LogP) is 5.55. The van der Waals surface area contributed by atoms with Crippen LogP contribution in [0.1, 0.15) is 34.1 Å². The predicted molar refractivity (Wildman–Crippen MR) is 135 cm³/mol. The van der Waals surface area contributed by atoms with E-state index in [-0.39, 0.29) is 34.4 Å². The van der Waals surface area contributed by atoms with Crippen molar-refractivity contribution >= 4 is 10.8 Å². The Kier molecular flexibility index (Phi) is 5.25. The highest BCUT2D eigenvalue weighted by Gasteiger charge is 2.41. The van der Waals surface area contributed by atoms with Gasteiger partial charge in [-0.05, 0) is 46.2 Å². The molecule has 0 amide bonds. The molecule has 0 unspecified atom stereocenters. The Morgan fingerprint density at radius 3 is 1.32 bits per heavy atom. The number of nitrogens with zero attached hydrogens (tertiary/aromatic N) is 2. The van der Waals surface area contributed by atoms with Gasteiger partial charge < -0.3 is 20.9 Å². The van der Waals surface area contributed by atoms with Gasteiger partial charge in [0.2, 0.25) is 11.8 Å². The average Bonchev–Trinajstić information content (AvgIpc) is 2.93. The van der Waals surface area contributed by atoms with Gasteiger partial charge in [0.1, 0.15) is 34.9 Å². The van der Waals surface area contributed by atoms with Crippen molar-refractivity contribution in [2.45, 2.75) is 11.8 Å². The van der Waals surface area contributed by atoms with E-state index in [0.29, 0.717) is 22.3 Å². The van der Waals surface area contributed by atoms with Crippen LogP contribution in [0.3, 0.4) is 0 Å². The van der Waals surface area contributed by atoms with Crippen molar-refractivity contribution in [2.24, 2.45) is 11.5 Å². The van der Waals surface area contributed by atoms with Gasteiger partial charge in [-0.25, -0.2) is 8.78 Å². The molecule has 4 aromatic carbocycles. The fraction of sp³-hybridized carbons (Fsp3) is 0.0667. The molecule has 0 spiro atoms. The normalized spacial score (nSPS) is 18.1. The molecular weight excluding hydrogens is 486 g/mol. The molecule has 2 aliphatic heterocycles. The number of rotatable bonds is 2. The summed E-state index contributed by atoms with van der Waals surface area (Å²) >= 11 is 0. The van der Waals surface area contributed by atoms with Crippen molar-refractivity contribution in [3.05, 3.63) is 130 Å². The minimum absolute atomic E-state index is 0.123. The SMILES string of the molecule is N#CC1=C(N)Oc2c3c(c4ccccc4c2[C@@H]1c1ccc(F)cc1)[C@H](c1ccc(F)cc1)C(C#N)=C(N)O3. The summed E-state index contributed by atoms with van der Waals surface area (Å²) in [5, 5.41) is 21.5. The molecule has 8 heteroatoms. The lowest BCUT2D eigenvalue weighted by molar-refractivity contribution is 0.337. The maximum atomic E-state index is 13.8. The minimum atomic E-state index is -0.685. The van der Waals surface area contributed by atoms with Gasteiger partial charge in [-0.2, -0.15) is 10.5 Å². The second-order valence-electron chi connectivity index (χ2n) is 8.98. The Labute approximate surface area is 216 Å². The first-order valence-electron chi connectivity index (χ1n) is 11.7. The van der Waals surface area contributed by atoms with Crippen LogP contribution >= 0.6 is 0 Å². The van der Waals surface area contributed by atoms with E-state index in [9.17, 15) is 19.3 Å². The summed E-state index contributed by atoms with van der Waals surface area (Å²) in [6.45, 7) is 0. The zero-order chi connectivity index (χ0) is 26.6. The van der Waals surface area contributed by atoms with Crippen LogP contribution in [0.2, 0.25) is 0 Å². The maximum Gasteiger partial charge on any atom is 0.205 e. The van der Waals surface area contributed by atoms with Gasteiger partial charge >= 0.3 is 0 Å². The Hall–Kier alpha value is -5.34. The molecule has 0 aliphatic carbocycles. The number of allylic oxidation sites excluding steroid dienone is 2. The van der Waals surface area contributed by atoms with Crippen LogP contribution < -0.4 is 20.9 Å². The van der Waals surface area contributed by atoms with Crippen molar-refractivity contribution in [3.63, 3.8) is 0 Å². The highest BCUT2D eigenvalue weighted by molar-refractivity contribution is 5.97. The smallest absolute Gasteiger partial charge is 0.205 e. The van der Waals surface area contributed by atoms with Gasteiger partial charge in [0.25, 0.3) is 0 Å². The monoisotopic (exact) mass is 504 g/mol. The number of nitrogens with two attached hydrogens (primary N) is 2. The highest BCUT2D eigenvalue weighted by atomic mass is 19.1. The second-order valence-corrected chi connectivity index (χ2v) is 8.98. The van der Waals surface area contributed by atoms with E-state index >= 15 is 0 Å². The van der Waals surface area contributed by atoms with Crippen LogP contribution in [-0.2, 0) is 0 Å². The highest BCUT2D eigenvalue weighted by Crippen LogP contribution is 2.56. The number of halogens is 2. The van der Waals surface area contributed by atoms with Crippen molar-refractivity contribution < 1.29 is 18.3 Å². The molecule has 184 valence electrons. The summed E-state index contributed by atoms with van der Waals surface area (Å²) in [6.07, 6.45) is 0. The quantitative estimate of drug-likeness (QED) is 0.369. The number of hydrogen-bond acceptors (Lipinski definition) is 6. The molecule has 0 radical (unpaired) electrons. The number of nitriles is 2. The standard InChI is InChI=1S/C30H18F2N4O2/c31-17-9-5-15(6-10-17)23-21(13-33)29(35)37-27-25(23)19-3-1-2-4-20(19)26-24(16-7-11-18(32)12-8-16)22(14-34)30(36)38-28(26)27/h1-12,23-24H,35-36H2/t23-,24-/m1/s1. The van der Waals surface area contributed by atoms with Gasteiger partial charge in [-0.15, -0.1) is 0 Å². The number of hydrogen-bond donors (Lipinski definition) is 2. The third kappa shape index (κ3) is 3.36. The van der Waals surface area contributed by atoms with E-state index in [1.165, 1.54) is 24.3 Å². The fourth-order valence-electron chi connectivity index (χ4n) is 5.34. The fourth-order valence-corrected chi connectivity index (χ4v) is 5.34. The lowest BCUT2D eigenvalue weighted by Crippen LogP contribution is -2.26. The van der Waals surface area contributed by atoms with E-state index in [1.807, 2.05) is 24.3 Å². The van der Waals surface area contributed by atoms with Crippen LogP contribution in [0.4, 0.5) is 8.78 Å². The molecule has 0 aromatic heterocycles. The molecule has 4 aromatic rings. The number of benzene rings is 4. The molecule has 4 N–H and O–H groups in total. The van der Waals surface area contributed by atoms with E-state index in [2.05, 4.69) is 12.1 Å². The van der Waals surface area contributed by atoms with Crippen LogP contribution in [-0.4, -0.2) is 0 Å². The lowest BCUT2D eigenvalue weighted by Gasteiger charge is -2.34. The van der Waals surface area contributed by atoms with Gasteiger partial charge in [0, 0.05) is 11.1 Å². The molecule has 2 aliphatic rings. The Balaban J connectivity index is 1.73. The molecule has 2 atom stereocenters. The molecular formula is C30H18F2N4O2. The van der Waals surface area contributed by atoms with Crippen molar-refractivity contribution in [2.75, 3.05) is 0 Å². The number of fused-ring (bicyclic) bond motifs is 6. The molecule has 6 rings (SSSR count). The minimum Gasteiger partial charge on any atom is -0.436 e. The topological polar surface area (TPSA) is 118 Å². The summed E-state index contributed by atoms with van der Waals surface area (Å²) in [7, 11) is 0. The van der Waals surface area contributed by atoms with Gasteiger partial charge in [-0.1, -0.05) is 48.5 Å². The molecule has 0 saturated carbocycles. The molecule has 0 saturated heterocycles. The van der Waals surface area contributed by atoms with Gasteiger partial charge in [-0.3, -0.25) is 0 Å². The van der Waals surface area contributed by atoms with Crippen molar-refractivity contribution in [1.29, 1.82) is 10.5 Å². The van der Waals surface area contributed by atoms with E-state index in [1.54, 1.807) is 24.3 Å². The van der Waals surface area contributed by atoms with Crippen molar-refractivity contribution in [1.82, 2.24) is 0 Å². The zero-order valence-electron chi connectivity index (χ0n) is 19.7. The van der Waals surface area contributed by atoms with E-state index < -0.39 is 23.5 Å². The lowest BCUT2D eigenvalue weighted by atomic mass is 9.76. The summed E-state index contributed by atoms with van der Waals surface area (Å²) < 4.78 is 39.7. The van der Waals surface area contributed by atoms with Gasteiger partial charge in [0.15, 0.2) is 11.5 Å². The third-order valence-electron chi connectivity index (χ3n) is 6.96.